The molecule has 1 aromatic rings. The normalized spacial score (nSPS) is 14.6. The second kappa shape index (κ2) is 6.10. The van der Waals surface area contributed by atoms with Crippen molar-refractivity contribution in [3.63, 3.8) is 0 Å². The van der Waals surface area contributed by atoms with E-state index in [0.29, 0.717) is 18.3 Å². The summed E-state index contributed by atoms with van der Waals surface area (Å²) in [5, 5.41) is 13.1. The predicted octanol–water partition coefficient (Wildman–Crippen LogP) is 1.87. The molecule has 96 valence electrons. The first kappa shape index (κ1) is 14.1. The van der Waals surface area contributed by atoms with Gasteiger partial charge in [0.1, 0.15) is 0 Å². The average Bonchev–Trinajstić information content (AvgIpc) is 2.72. The molecule has 1 aromatic carbocycles. The van der Waals surface area contributed by atoms with Crippen LogP contribution < -0.4 is 14.8 Å². The highest BCUT2D eigenvalue weighted by atomic mass is 35.5. The van der Waals surface area contributed by atoms with E-state index in [9.17, 15) is 5.11 Å². The summed E-state index contributed by atoms with van der Waals surface area (Å²) in [6.07, 6.45) is -0.517. The third kappa shape index (κ3) is 3.49. The molecule has 0 amide bonds. The van der Waals surface area contributed by atoms with E-state index in [1.54, 1.807) is 0 Å². The van der Waals surface area contributed by atoms with Gasteiger partial charge in [-0.3, -0.25) is 0 Å². The van der Waals surface area contributed by atoms with E-state index < -0.39 is 6.10 Å². The van der Waals surface area contributed by atoms with Crippen molar-refractivity contribution in [1.82, 2.24) is 5.32 Å². The van der Waals surface area contributed by atoms with Crippen LogP contribution in [0.25, 0.3) is 0 Å². The monoisotopic (exact) mass is 259 g/mol. The predicted molar refractivity (Wildman–Crippen MR) is 67.9 cm³/mol. The highest BCUT2D eigenvalue weighted by molar-refractivity contribution is 5.85. The fourth-order valence-corrected chi connectivity index (χ4v) is 1.59. The van der Waals surface area contributed by atoms with Crippen molar-refractivity contribution in [1.29, 1.82) is 0 Å². The molecule has 0 aromatic heterocycles. The van der Waals surface area contributed by atoms with E-state index in [0.717, 1.165) is 11.3 Å². The number of nitrogens with one attached hydrogen (secondary N) is 1. The largest absolute Gasteiger partial charge is 0.454 e. The van der Waals surface area contributed by atoms with Gasteiger partial charge < -0.3 is 19.9 Å². The van der Waals surface area contributed by atoms with Gasteiger partial charge >= 0.3 is 0 Å². The minimum Gasteiger partial charge on any atom is -0.454 e. The van der Waals surface area contributed by atoms with Gasteiger partial charge in [0.15, 0.2) is 11.5 Å². The summed E-state index contributed by atoms with van der Waals surface area (Å²) in [4.78, 5) is 0. The number of fused-ring (bicyclic) bond motifs is 1. The maximum absolute atomic E-state index is 9.94. The summed E-state index contributed by atoms with van der Waals surface area (Å²) < 4.78 is 10.5. The van der Waals surface area contributed by atoms with Gasteiger partial charge in [0, 0.05) is 12.6 Å². The Morgan fingerprint density at radius 2 is 2.00 bits per heavy atom. The Balaban J connectivity index is 0.00000144. The van der Waals surface area contributed by atoms with Crippen molar-refractivity contribution in [3.8, 4) is 11.5 Å². The van der Waals surface area contributed by atoms with E-state index in [1.807, 2.05) is 32.0 Å². The molecule has 4 nitrogen and oxygen atoms in total. The molecule has 1 unspecified atom stereocenters. The number of benzene rings is 1. The Bertz CT molecular complexity index is 371. The SMILES string of the molecule is CC(C)NCC(O)c1ccc2c(c1)OCO2.Cl. The number of ether oxygens (including phenoxy) is 2. The zero-order chi connectivity index (χ0) is 11.5. The van der Waals surface area contributed by atoms with Crippen molar-refractivity contribution in [2.24, 2.45) is 0 Å². The first-order valence-electron chi connectivity index (χ1n) is 5.48. The maximum Gasteiger partial charge on any atom is 0.231 e. The van der Waals surface area contributed by atoms with Crippen molar-refractivity contribution < 1.29 is 14.6 Å². The molecule has 0 bridgehead atoms. The molecule has 2 rings (SSSR count). The van der Waals surface area contributed by atoms with Crippen LogP contribution in [0.15, 0.2) is 18.2 Å². The van der Waals surface area contributed by atoms with Gasteiger partial charge in [-0.15, -0.1) is 12.4 Å². The van der Waals surface area contributed by atoms with Crippen LogP contribution in [0, 0.1) is 0 Å². The molecule has 0 radical (unpaired) electrons. The molecule has 17 heavy (non-hydrogen) atoms. The van der Waals surface area contributed by atoms with Crippen molar-refractivity contribution >= 4 is 12.4 Å². The maximum atomic E-state index is 9.94. The van der Waals surface area contributed by atoms with E-state index in [-0.39, 0.29) is 19.2 Å². The van der Waals surface area contributed by atoms with Crippen LogP contribution in [0.4, 0.5) is 0 Å². The van der Waals surface area contributed by atoms with Gasteiger partial charge in [-0.2, -0.15) is 0 Å². The lowest BCUT2D eigenvalue weighted by molar-refractivity contribution is 0.168. The van der Waals surface area contributed by atoms with Crippen LogP contribution >= 0.6 is 12.4 Å². The second-order valence-electron chi connectivity index (χ2n) is 4.19. The lowest BCUT2D eigenvalue weighted by Crippen LogP contribution is -2.27. The second-order valence-corrected chi connectivity index (χ2v) is 4.19. The summed E-state index contributed by atoms with van der Waals surface area (Å²) >= 11 is 0. The van der Waals surface area contributed by atoms with Gasteiger partial charge in [-0.05, 0) is 17.7 Å². The summed E-state index contributed by atoms with van der Waals surface area (Å²) in [5.41, 5.74) is 0.845. The van der Waals surface area contributed by atoms with Gasteiger partial charge in [-0.1, -0.05) is 19.9 Å². The Hall–Kier alpha value is -0.970. The topological polar surface area (TPSA) is 50.7 Å². The molecule has 1 atom stereocenters. The Morgan fingerprint density at radius 1 is 1.29 bits per heavy atom. The van der Waals surface area contributed by atoms with Crippen LogP contribution in [0.1, 0.15) is 25.5 Å². The number of halogens is 1. The number of aliphatic hydroxyl groups is 1. The number of hydrogen-bond acceptors (Lipinski definition) is 4. The lowest BCUT2D eigenvalue weighted by Gasteiger charge is -2.14. The molecular weight excluding hydrogens is 242 g/mol. The summed E-state index contributed by atoms with van der Waals surface area (Å²) in [5.74, 6) is 1.45. The van der Waals surface area contributed by atoms with E-state index in [4.69, 9.17) is 9.47 Å². The first-order valence-corrected chi connectivity index (χ1v) is 5.48. The fourth-order valence-electron chi connectivity index (χ4n) is 1.59. The number of rotatable bonds is 4. The van der Waals surface area contributed by atoms with Crippen LogP contribution in [0.2, 0.25) is 0 Å². The third-order valence-corrected chi connectivity index (χ3v) is 2.50. The van der Waals surface area contributed by atoms with Gasteiger partial charge in [0.25, 0.3) is 0 Å². The van der Waals surface area contributed by atoms with Crippen molar-refractivity contribution in [2.45, 2.75) is 26.0 Å². The molecule has 1 aliphatic rings. The smallest absolute Gasteiger partial charge is 0.231 e. The Kier molecular flexibility index (Phi) is 5.05. The van der Waals surface area contributed by atoms with Crippen molar-refractivity contribution in [2.75, 3.05) is 13.3 Å². The molecule has 0 aliphatic carbocycles. The van der Waals surface area contributed by atoms with Crippen LogP contribution in [-0.2, 0) is 0 Å². The van der Waals surface area contributed by atoms with E-state index >= 15 is 0 Å². The van der Waals surface area contributed by atoms with Gasteiger partial charge in [0.2, 0.25) is 6.79 Å². The average molecular weight is 260 g/mol. The van der Waals surface area contributed by atoms with E-state index in [1.165, 1.54) is 0 Å². The van der Waals surface area contributed by atoms with Gasteiger partial charge in [-0.25, -0.2) is 0 Å². The standard InChI is InChI=1S/C12H17NO3.ClH/c1-8(2)13-6-10(14)9-3-4-11-12(5-9)16-7-15-11;/h3-5,8,10,13-14H,6-7H2,1-2H3;1H. The fraction of sp³-hybridized carbons (Fsp3) is 0.500. The molecule has 0 fully saturated rings. The highest BCUT2D eigenvalue weighted by Crippen LogP contribution is 2.33. The Labute approximate surface area is 107 Å². The van der Waals surface area contributed by atoms with Crippen LogP contribution in [0.5, 0.6) is 11.5 Å². The lowest BCUT2D eigenvalue weighted by atomic mass is 10.1. The number of aliphatic hydroxyl groups excluding tert-OH is 1. The number of hydrogen-bond donors (Lipinski definition) is 2. The van der Waals surface area contributed by atoms with E-state index in [2.05, 4.69) is 5.32 Å². The van der Waals surface area contributed by atoms with Crippen LogP contribution in [0.3, 0.4) is 0 Å². The Morgan fingerprint density at radius 3 is 2.71 bits per heavy atom. The molecule has 0 saturated carbocycles. The minimum absolute atomic E-state index is 0. The molecule has 0 saturated heterocycles. The quantitative estimate of drug-likeness (QED) is 0.867. The van der Waals surface area contributed by atoms with Gasteiger partial charge in [0.05, 0.1) is 6.10 Å². The highest BCUT2D eigenvalue weighted by Gasteiger charge is 2.16. The first-order chi connectivity index (χ1) is 7.66. The molecule has 1 heterocycles. The molecule has 0 spiro atoms. The minimum atomic E-state index is -0.517. The van der Waals surface area contributed by atoms with Crippen LogP contribution in [-0.4, -0.2) is 24.5 Å². The summed E-state index contributed by atoms with van der Waals surface area (Å²) in [6.45, 7) is 4.90. The molecule has 2 N–H and O–H groups in total. The zero-order valence-corrected chi connectivity index (χ0v) is 10.8. The summed E-state index contributed by atoms with van der Waals surface area (Å²) in [6, 6.07) is 5.88. The molecule has 5 heteroatoms. The molecular formula is C12H18ClNO3. The van der Waals surface area contributed by atoms with Crippen molar-refractivity contribution in [3.05, 3.63) is 23.8 Å². The zero-order valence-electron chi connectivity index (χ0n) is 9.97. The molecule has 1 aliphatic heterocycles. The summed E-state index contributed by atoms with van der Waals surface area (Å²) in [7, 11) is 0. The third-order valence-electron chi connectivity index (χ3n) is 2.50.